The number of rotatable bonds is 2. The first kappa shape index (κ1) is 13.5. The molecule has 0 heterocycles. The zero-order chi connectivity index (χ0) is 14.2. The van der Waals surface area contributed by atoms with E-state index in [1.54, 1.807) is 0 Å². The number of ketones is 1. The van der Waals surface area contributed by atoms with E-state index in [1.807, 2.05) is 0 Å². The second-order valence-electron chi connectivity index (χ2n) is 3.65. The molecule has 0 spiro atoms. The summed E-state index contributed by atoms with van der Waals surface area (Å²) < 4.78 is 52.8. The number of carbonyl (C=O) groups is 1. The van der Waals surface area contributed by atoms with Gasteiger partial charge in [0.2, 0.25) is 5.78 Å². The van der Waals surface area contributed by atoms with Gasteiger partial charge in [0.05, 0.1) is 16.1 Å². The number of hydrogen-bond donors (Lipinski definition) is 0. The van der Waals surface area contributed by atoms with Crippen molar-refractivity contribution in [1.82, 2.24) is 0 Å². The number of hydrogen-bond acceptors (Lipinski definition) is 1. The van der Waals surface area contributed by atoms with Crippen LogP contribution in [0.2, 0.25) is 5.02 Å². The fourth-order valence-corrected chi connectivity index (χ4v) is 1.80. The Morgan fingerprint density at radius 2 is 1.58 bits per heavy atom. The van der Waals surface area contributed by atoms with E-state index in [0.717, 1.165) is 12.1 Å². The molecule has 0 atom stereocenters. The Morgan fingerprint density at radius 3 is 2.21 bits per heavy atom. The zero-order valence-electron chi connectivity index (χ0n) is 9.18. The van der Waals surface area contributed by atoms with Crippen LogP contribution >= 0.6 is 11.6 Å². The Hall–Kier alpha value is -1.88. The minimum atomic E-state index is -1.79. The molecule has 0 saturated carbocycles. The third-order valence-electron chi connectivity index (χ3n) is 2.47. The van der Waals surface area contributed by atoms with Crippen molar-refractivity contribution >= 4 is 17.4 Å². The fraction of sp³-hybridized carbons (Fsp3) is 0. The quantitative estimate of drug-likeness (QED) is 0.461. The highest BCUT2D eigenvalue weighted by Crippen LogP contribution is 2.25. The maximum Gasteiger partial charge on any atom is 0.200 e. The summed E-state index contributed by atoms with van der Waals surface area (Å²) in [5.41, 5.74) is -1.38. The van der Waals surface area contributed by atoms with E-state index < -0.39 is 40.2 Å². The Balaban J connectivity index is 2.60. The predicted octanol–water partition coefficient (Wildman–Crippen LogP) is 4.13. The van der Waals surface area contributed by atoms with Crippen LogP contribution in [-0.4, -0.2) is 5.78 Å². The second-order valence-corrected chi connectivity index (χ2v) is 4.06. The summed E-state index contributed by atoms with van der Waals surface area (Å²) in [6.07, 6.45) is 0. The molecule has 0 radical (unpaired) electrons. The normalized spacial score (nSPS) is 10.6. The third-order valence-corrected chi connectivity index (χ3v) is 2.78. The van der Waals surface area contributed by atoms with Crippen LogP contribution in [0.1, 0.15) is 15.9 Å². The van der Waals surface area contributed by atoms with Crippen LogP contribution in [0.3, 0.4) is 0 Å². The van der Waals surface area contributed by atoms with E-state index in [0.29, 0.717) is 6.07 Å². The van der Waals surface area contributed by atoms with Gasteiger partial charge in [0.1, 0.15) is 5.82 Å². The van der Waals surface area contributed by atoms with Gasteiger partial charge in [-0.25, -0.2) is 17.6 Å². The van der Waals surface area contributed by atoms with Crippen molar-refractivity contribution < 1.29 is 22.4 Å². The van der Waals surface area contributed by atoms with Crippen molar-refractivity contribution in [3.8, 4) is 0 Å². The van der Waals surface area contributed by atoms with E-state index >= 15 is 0 Å². The van der Waals surface area contributed by atoms with Crippen LogP contribution in [-0.2, 0) is 0 Å². The molecule has 6 heteroatoms. The van der Waals surface area contributed by atoms with E-state index in [-0.39, 0.29) is 5.02 Å². The average molecular weight is 289 g/mol. The minimum absolute atomic E-state index is 0.242. The van der Waals surface area contributed by atoms with Gasteiger partial charge < -0.3 is 0 Å². The summed E-state index contributed by atoms with van der Waals surface area (Å²) in [4.78, 5) is 11.9. The molecule has 0 fully saturated rings. The van der Waals surface area contributed by atoms with E-state index in [2.05, 4.69) is 0 Å². The third kappa shape index (κ3) is 2.33. The van der Waals surface area contributed by atoms with E-state index in [4.69, 9.17) is 11.6 Å². The average Bonchev–Trinajstić information content (AvgIpc) is 2.35. The summed E-state index contributed by atoms with van der Waals surface area (Å²) >= 11 is 5.65. The first-order chi connectivity index (χ1) is 8.93. The lowest BCUT2D eigenvalue weighted by molar-refractivity contribution is 0.103. The first-order valence-electron chi connectivity index (χ1n) is 5.05. The van der Waals surface area contributed by atoms with Gasteiger partial charge in [-0.15, -0.1) is 0 Å². The molecule has 2 aromatic carbocycles. The monoisotopic (exact) mass is 288 g/mol. The van der Waals surface area contributed by atoms with Gasteiger partial charge in [0.15, 0.2) is 17.5 Å². The highest BCUT2D eigenvalue weighted by molar-refractivity contribution is 6.35. The van der Waals surface area contributed by atoms with E-state index in [1.165, 1.54) is 12.1 Å². The van der Waals surface area contributed by atoms with E-state index in [9.17, 15) is 22.4 Å². The van der Waals surface area contributed by atoms with Gasteiger partial charge in [-0.3, -0.25) is 4.79 Å². The van der Waals surface area contributed by atoms with Gasteiger partial charge in [0, 0.05) is 0 Å². The highest BCUT2D eigenvalue weighted by atomic mass is 35.5. The topological polar surface area (TPSA) is 17.1 Å². The van der Waals surface area contributed by atoms with Crippen molar-refractivity contribution in [3.05, 3.63) is 69.8 Å². The summed E-state index contributed by atoms with van der Waals surface area (Å²) in [6.45, 7) is 0. The van der Waals surface area contributed by atoms with Crippen LogP contribution < -0.4 is 0 Å². The second kappa shape index (κ2) is 5.01. The fourth-order valence-electron chi connectivity index (χ4n) is 1.55. The molecule has 98 valence electrons. The lowest BCUT2D eigenvalue weighted by Crippen LogP contribution is -2.09. The maximum absolute atomic E-state index is 13.5. The van der Waals surface area contributed by atoms with Gasteiger partial charge in [-0.2, -0.15) is 0 Å². The molecule has 0 unspecified atom stereocenters. The first-order valence-corrected chi connectivity index (χ1v) is 5.43. The molecule has 0 N–H and O–H groups in total. The predicted molar refractivity (Wildman–Crippen MR) is 61.2 cm³/mol. The molecule has 0 aliphatic rings. The number of benzene rings is 2. The molecule has 0 aliphatic heterocycles. The summed E-state index contributed by atoms with van der Waals surface area (Å²) in [5.74, 6) is -7.03. The van der Waals surface area contributed by atoms with Crippen LogP contribution in [0, 0.1) is 23.3 Å². The molecule has 2 rings (SSSR count). The Labute approximate surface area is 110 Å². The minimum Gasteiger partial charge on any atom is -0.288 e. The van der Waals surface area contributed by atoms with Gasteiger partial charge in [-0.1, -0.05) is 17.7 Å². The van der Waals surface area contributed by atoms with Crippen LogP contribution in [0.15, 0.2) is 30.3 Å². The molecule has 1 nitrogen and oxygen atoms in total. The highest BCUT2D eigenvalue weighted by Gasteiger charge is 2.23. The van der Waals surface area contributed by atoms with Crippen LogP contribution in [0.5, 0.6) is 0 Å². The lowest BCUT2D eigenvalue weighted by Gasteiger charge is -2.06. The summed E-state index contributed by atoms with van der Waals surface area (Å²) in [7, 11) is 0. The smallest absolute Gasteiger partial charge is 0.200 e. The maximum atomic E-state index is 13.5. The molecule has 19 heavy (non-hydrogen) atoms. The molecule has 0 bridgehead atoms. The Bertz CT molecular complexity index is 650. The van der Waals surface area contributed by atoms with Crippen LogP contribution in [0.25, 0.3) is 0 Å². The van der Waals surface area contributed by atoms with Crippen molar-refractivity contribution in [3.63, 3.8) is 0 Å². The standard InChI is InChI=1S/C13H5ClF4O/c14-7-2-1-3-8(15)10(7)13(19)6-4-5-9(16)12(18)11(6)17/h1-5H. The van der Waals surface area contributed by atoms with Crippen molar-refractivity contribution in [2.24, 2.45) is 0 Å². The molecule has 0 amide bonds. The molecular formula is C13H5ClF4O. The Morgan fingerprint density at radius 1 is 0.895 bits per heavy atom. The van der Waals surface area contributed by atoms with Gasteiger partial charge in [-0.05, 0) is 24.3 Å². The van der Waals surface area contributed by atoms with Crippen LogP contribution in [0.4, 0.5) is 17.6 Å². The molecule has 0 aliphatic carbocycles. The molecular weight excluding hydrogens is 284 g/mol. The van der Waals surface area contributed by atoms with Crippen molar-refractivity contribution in [2.45, 2.75) is 0 Å². The van der Waals surface area contributed by atoms with Gasteiger partial charge in [0.25, 0.3) is 0 Å². The number of halogens is 5. The van der Waals surface area contributed by atoms with Gasteiger partial charge >= 0.3 is 0 Å². The molecule has 2 aromatic rings. The zero-order valence-corrected chi connectivity index (χ0v) is 9.94. The Kier molecular flexibility index (Phi) is 3.57. The summed E-state index contributed by atoms with van der Waals surface area (Å²) in [5, 5.41) is -0.242. The van der Waals surface area contributed by atoms with Crippen molar-refractivity contribution in [1.29, 1.82) is 0 Å². The largest absolute Gasteiger partial charge is 0.288 e. The molecule has 0 saturated heterocycles. The SMILES string of the molecule is O=C(c1ccc(F)c(F)c1F)c1c(F)cccc1Cl. The van der Waals surface area contributed by atoms with Crippen molar-refractivity contribution in [2.75, 3.05) is 0 Å². The summed E-state index contributed by atoms with van der Waals surface area (Å²) in [6, 6.07) is 4.77. The number of carbonyl (C=O) groups excluding carboxylic acids is 1. The lowest BCUT2D eigenvalue weighted by atomic mass is 10.0. The molecule has 0 aromatic heterocycles.